The minimum absolute atomic E-state index is 0.128. The molecule has 6 rings (SSSR count). The number of hydrogen-bond donors (Lipinski definition) is 3. The van der Waals surface area contributed by atoms with E-state index in [0.29, 0.717) is 43.6 Å². The van der Waals surface area contributed by atoms with Crippen molar-refractivity contribution in [1.82, 2.24) is 24.8 Å². The Morgan fingerprint density at radius 3 is 2.76 bits per heavy atom. The highest BCUT2D eigenvalue weighted by Gasteiger charge is 2.27. The largest absolute Gasteiger partial charge is 0.477 e. The average Bonchev–Trinajstić information content (AvgIpc) is 3.72. The van der Waals surface area contributed by atoms with Gasteiger partial charge < -0.3 is 14.6 Å². The van der Waals surface area contributed by atoms with E-state index in [2.05, 4.69) is 36.6 Å². The lowest BCUT2D eigenvalue weighted by Gasteiger charge is -2.17. The fraction of sp³-hybridized carbons (Fsp3) is 0.233. The maximum absolute atomic E-state index is 13.1. The summed E-state index contributed by atoms with van der Waals surface area (Å²) in [5.41, 5.74) is 4.09. The van der Waals surface area contributed by atoms with Gasteiger partial charge in [-0.1, -0.05) is 24.3 Å². The highest BCUT2D eigenvalue weighted by atomic mass is 32.1. The summed E-state index contributed by atoms with van der Waals surface area (Å²) in [6, 6.07) is 16.6. The van der Waals surface area contributed by atoms with Gasteiger partial charge in [0.2, 0.25) is 11.8 Å². The van der Waals surface area contributed by atoms with E-state index in [-0.39, 0.29) is 11.8 Å². The lowest BCUT2D eigenvalue weighted by molar-refractivity contribution is -0.129. The number of carbonyl (C=O) groups excluding carboxylic acids is 2. The zero-order valence-electron chi connectivity index (χ0n) is 22.5. The molecule has 0 radical (unpaired) electrons. The molecule has 0 bridgehead atoms. The van der Waals surface area contributed by atoms with E-state index in [1.54, 1.807) is 36.0 Å². The van der Waals surface area contributed by atoms with Gasteiger partial charge in [-0.15, -0.1) is 11.3 Å². The minimum Gasteiger partial charge on any atom is -0.477 e. The number of H-pyrrole nitrogens is 1. The Morgan fingerprint density at radius 2 is 1.88 bits per heavy atom. The maximum atomic E-state index is 13.1. The smallest absolute Gasteiger partial charge is 0.326 e. The van der Waals surface area contributed by atoms with Crippen LogP contribution in [0, 0.1) is 12.8 Å². The summed E-state index contributed by atoms with van der Waals surface area (Å²) in [6.07, 6.45) is 4.65. The number of aryl methyl sites for hydroxylation is 1. The second kappa shape index (κ2) is 11.8. The lowest BCUT2D eigenvalue weighted by Crippen LogP contribution is -2.31. The van der Waals surface area contributed by atoms with Crippen molar-refractivity contribution in [2.45, 2.75) is 19.8 Å². The minimum atomic E-state index is -0.448. The Bertz CT molecular complexity index is 1680. The average molecular weight is 568 g/mol. The molecule has 5 aromatic rings. The molecule has 1 aromatic carbocycles. The van der Waals surface area contributed by atoms with E-state index in [1.165, 1.54) is 11.3 Å². The van der Waals surface area contributed by atoms with Crippen LogP contribution in [0.5, 0.6) is 5.88 Å². The number of para-hydroxylation sites is 1. The molecule has 10 nitrogen and oxygen atoms in total. The van der Waals surface area contributed by atoms with Crippen molar-refractivity contribution in [3.8, 4) is 16.5 Å². The van der Waals surface area contributed by atoms with Gasteiger partial charge in [0.1, 0.15) is 16.6 Å². The van der Waals surface area contributed by atoms with Crippen LogP contribution in [0.1, 0.15) is 17.7 Å². The second-order valence-corrected chi connectivity index (χ2v) is 10.8. The van der Waals surface area contributed by atoms with Crippen LogP contribution in [0.3, 0.4) is 0 Å². The van der Waals surface area contributed by atoms with E-state index < -0.39 is 6.03 Å². The van der Waals surface area contributed by atoms with Crippen LogP contribution in [0.2, 0.25) is 0 Å². The van der Waals surface area contributed by atoms with Gasteiger partial charge in [0.05, 0.1) is 13.0 Å². The van der Waals surface area contributed by atoms with Gasteiger partial charge in [-0.25, -0.2) is 9.78 Å². The highest BCUT2D eigenvalue weighted by Crippen LogP contribution is 2.26. The summed E-state index contributed by atoms with van der Waals surface area (Å²) >= 11 is 1.43. The lowest BCUT2D eigenvalue weighted by atomic mass is 10.1. The molecule has 208 valence electrons. The molecule has 0 saturated carbocycles. The van der Waals surface area contributed by atoms with Crippen LogP contribution >= 0.6 is 11.3 Å². The molecule has 3 amide bonds. The number of ether oxygens (including phenoxy) is 1. The highest BCUT2D eigenvalue weighted by molar-refractivity contribution is 7.13. The number of urea groups is 1. The first-order valence-corrected chi connectivity index (χ1v) is 14.3. The summed E-state index contributed by atoms with van der Waals surface area (Å²) in [7, 11) is 0. The number of hydrogen-bond acceptors (Lipinski definition) is 7. The van der Waals surface area contributed by atoms with Crippen molar-refractivity contribution in [2.24, 2.45) is 5.92 Å². The summed E-state index contributed by atoms with van der Waals surface area (Å²) in [6.45, 7) is 3.82. The standard InChI is InChI=1S/C30H29N7O3S/c1-19-23(22-5-2-3-6-24(22)32-19)15-28(38)37-14-11-20(16-37)17-40-27-8-4-7-25(33-27)35-30(39)36-26-18-41-29(34-26)21-9-12-31-13-10-21/h2-10,12-13,18,20,32H,11,14-17H2,1H3,(H2,33,35,36,39). The van der Waals surface area contributed by atoms with Crippen LogP contribution in [0.4, 0.5) is 16.4 Å². The molecule has 1 fully saturated rings. The van der Waals surface area contributed by atoms with Gasteiger partial charge in [0.25, 0.3) is 0 Å². The van der Waals surface area contributed by atoms with E-state index in [0.717, 1.165) is 39.2 Å². The maximum Gasteiger partial charge on any atom is 0.326 e. The Morgan fingerprint density at radius 1 is 1.05 bits per heavy atom. The van der Waals surface area contributed by atoms with E-state index in [1.807, 2.05) is 42.2 Å². The Balaban J connectivity index is 0.987. The zero-order valence-corrected chi connectivity index (χ0v) is 23.3. The summed E-state index contributed by atoms with van der Waals surface area (Å²) in [5.74, 6) is 1.57. The van der Waals surface area contributed by atoms with Crippen molar-refractivity contribution in [3.05, 3.63) is 83.6 Å². The number of rotatable bonds is 8. The van der Waals surface area contributed by atoms with E-state index in [4.69, 9.17) is 4.74 Å². The molecular formula is C30H29N7O3S. The summed E-state index contributed by atoms with van der Waals surface area (Å²) < 4.78 is 5.95. The number of anilines is 2. The number of aromatic amines is 1. The van der Waals surface area contributed by atoms with Crippen molar-refractivity contribution in [3.63, 3.8) is 0 Å². The second-order valence-electron chi connectivity index (χ2n) is 9.97. The van der Waals surface area contributed by atoms with Gasteiger partial charge in [0.15, 0.2) is 0 Å². The van der Waals surface area contributed by atoms with Crippen LogP contribution in [-0.2, 0) is 11.2 Å². The third kappa shape index (κ3) is 6.20. The summed E-state index contributed by atoms with van der Waals surface area (Å²) in [4.78, 5) is 43.8. The van der Waals surface area contributed by atoms with Gasteiger partial charge in [-0.05, 0) is 43.2 Å². The monoisotopic (exact) mass is 567 g/mol. The van der Waals surface area contributed by atoms with Crippen molar-refractivity contribution >= 4 is 45.8 Å². The summed E-state index contributed by atoms with van der Waals surface area (Å²) in [5, 5.41) is 9.13. The zero-order chi connectivity index (χ0) is 28.2. The van der Waals surface area contributed by atoms with Crippen molar-refractivity contribution in [2.75, 3.05) is 30.3 Å². The molecule has 0 aliphatic carbocycles. The fourth-order valence-corrected chi connectivity index (χ4v) is 5.77. The first-order valence-electron chi connectivity index (χ1n) is 13.4. The Hall–Kier alpha value is -4.77. The van der Waals surface area contributed by atoms with Crippen molar-refractivity contribution < 1.29 is 14.3 Å². The molecule has 1 aliphatic rings. The van der Waals surface area contributed by atoms with Crippen LogP contribution in [0.15, 0.2) is 72.4 Å². The molecular weight excluding hydrogens is 538 g/mol. The molecule has 1 unspecified atom stereocenters. The van der Waals surface area contributed by atoms with Crippen molar-refractivity contribution in [1.29, 1.82) is 0 Å². The number of thiazole rings is 1. The van der Waals surface area contributed by atoms with Gasteiger partial charge >= 0.3 is 6.03 Å². The number of amides is 3. The first kappa shape index (κ1) is 26.5. The number of nitrogens with zero attached hydrogens (tertiary/aromatic N) is 4. The first-order chi connectivity index (χ1) is 20.0. The topological polar surface area (TPSA) is 125 Å². The third-order valence-corrected chi connectivity index (χ3v) is 7.99. The predicted molar refractivity (Wildman–Crippen MR) is 159 cm³/mol. The molecule has 1 atom stereocenters. The molecule has 4 aromatic heterocycles. The number of pyridine rings is 2. The van der Waals surface area contributed by atoms with Gasteiger partial charge in [-0.2, -0.15) is 4.98 Å². The third-order valence-electron chi connectivity index (χ3n) is 7.10. The van der Waals surface area contributed by atoms with Crippen LogP contribution < -0.4 is 15.4 Å². The molecule has 0 spiro atoms. The number of fused-ring (bicyclic) bond motifs is 1. The van der Waals surface area contributed by atoms with Crippen LogP contribution in [-0.4, -0.2) is 56.5 Å². The molecule has 5 heterocycles. The van der Waals surface area contributed by atoms with Crippen LogP contribution in [0.25, 0.3) is 21.5 Å². The Kier molecular flexibility index (Phi) is 7.59. The quantitative estimate of drug-likeness (QED) is 0.227. The number of likely N-dealkylation sites (tertiary alicyclic amines) is 1. The molecule has 11 heteroatoms. The van der Waals surface area contributed by atoms with E-state index >= 15 is 0 Å². The normalized spacial score (nSPS) is 14.8. The SMILES string of the molecule is Cc1[nH]c2ccccc2c1CC(=O)N1CCC(COc2cccc(NC(=O)Nc3csc(-c4ccncc4)n3)n2)C1. The van der Waals surface area contributed by atoms with Gasteiger partial charge in [-0.3, -0.25) is 20.4 Å². The molecule has 41 heavy (non-hydrogen) atoms. The molecule has 1 aliphatic heterocycles. The number of nitrogens with one attached hydrogen (secondary N) is 3. The molecule has 3 N–H and O–H groups in total. The predicted octanol–water partition coefficient (Wildman–Crippen LogP) is 5.50. The number of aromatic nitrogens is 4. The molecule has 1 saturated heterocycles. The van der Waals surface area contributed by atoms with E-state index in [9.17, 15) is 9.59 Å². The Labute approximate surface area is 240 Å². The number of carbonyl (C=O) groups is 2. The number of benzene rings is 1. The fourth-order valence-electron chi connectivity index (χ4n) is 5.01. The van der Waals surface area contributed by atoms with Gasteiger partial charge in [0, 0.05) is 65.0 Å².